The number of aryl methyl sites for hydroxylation is 2. The van der Waals surface area contributed by atoms with Crippen molar-refractivity contribution in [3.8, 4) is 0 Å². The molecule has 27 heavy (non-hydrogen) atoms. The molecule has 0 aliphatic heterocycles. The number of nitrogens with one attached hydrogen (secondary N) is 2. The number of hydrogen-bond acceptors (Lipinski definition) is 1. The molecule has 1 aromatic heterocycles. The van der Waals surface area contributed by atoms with Gasteiger partial charge >= 0.3 is 0 Å². The van der Waals surface area contributed by atoms with Crippen LogP contribution in [0.3, 0.4) is 0 Å². The lowest BCUT2D eigenvalue weighted by Gasteiger charge is -2.18. The minimum absolute atomic E-state index is 0.0448. The van der Waals surface area contributed by atoms with Gasteiger partial charge in [-0.25, -0.2) is 0 Å². The van der Waals surface area contributed by atoms with Crippen LogP contribution in [0.5, 0.6) is 0 Å². The summed E-state index contributed by atoms with van der Waals surface area (Å²) in [6, 6.07) is 17.0. The summed E-state index contributed by atoms with van der Waals surface area (Å²) in [5.41, 5.74) is 4.82. The highest BCUT2D eigenvalue weighted by molar-refractivity contribution is 5.86. The van der Waals surface area contributed by atoms with Crippen molar-refractivity contribution in [3.05, 3.63) is 71.4 Å². The first-order chi connectivity index (χ1) is 13.0. The molecule has 0 fully saturated rings. The van der Waals surface area contributed by atoms with Crippen molar-refractivity contribution >= 4 is 16.8 Å². The van der Waals surface area contributed by atoms with Crippen LogP contribution in [0, 0.1) is 6.92 Å². The van der Waals surface area contributed by atoms with Gasteiger partial charge in [0.1, 0.15) is 0 Å². The molecule has 3 aromatic rings. The zero-order valence-electron chi connectivity index (χ0n) is 16.8. The number of hydrogen-bond donors (Lipinski definition) is 2. The summed E-state index contributed by atoms with van der Waals surface area (Å²) < 4.78 is 2.15. The molecule has 0 saturated heterocycles. The number of carbonyl (C=O) groups excluding carboxylic acids is 1. The van der Waals surface area contributed by atoms with E-state index in [0.717, 1.165) is 6.54 Å². The van der Waals surface area contributed by atoms with E-state index in [4.69, 9.17) is 0 Å². The molecule has 4 nitrogen and oxygen atoms in total. The van der Waals surface area contributed by atoms with Gasteiger partial charge in [0.05, 0.1) is 27.2 Å². The average molecular weight is 365 g/mol. The van der Waals surface area contributed by atoms with Crippen LogP contribution < -0.4 is 10.2 Å². The molecule has 0 spiro atoms. The summed E-state index contributed by atoms with van der Waals surface area (Å²) in [4.78, 5) is 14.0. The van der Waals surface area contributed by atoms with Crippen molar-refractivity contribution < 1.29 is 9.69 Å². The number of aromatic nitrogens is 1. The Balaban J connectivity index is 1.92. The largest absolute Gasteiger partial charge is 0.350 e. The Bertz CT molecular complexity index is 909. The van der Waals surface area contributed by atoms with Gasteiger partial charge in [0.15, 0.2) is 0 Å². The Morgan fingerprint density at radius 2 is 1.81 bits per heavy atom. The number of rotatable bonds is 7. The predicted molar refractivity (Wildman–Crippen MR) is 111 cm³/mol. The minimum atomic E-state index is 0.0448. The number of carbonyl (C=O) groups is 1. The number of para-hydroxylation sites is 1. The third kappa shape index (κ3) is 4.58. The first kappa shape index (κ1) is 19.2. The Morgan fingerprint density at radius 1 is 1.11 bits per heavy atom. The highest BCUT2D eigenvalue weighted by Gasteiger charge is 2.22. The molecule has 0 radical (unpaired) electrons. The highest BCUT2D eigenvalue weighted by Crippen LogP contribution is 2.34. The Morgan fingerprint density at radius 3 is 2.52 bits per heavy atom. The number of fused-ring (bicyclic) bond motifs is 1. The highest BCUT2D eigenvalue weighted by atomic mass is 16.1. The monoisotopic (exact) mass is 364 g/mol. The summed E-state index contributed by atoms with van der Waals surface area (Å²) in [7, 11) is 6.26. The van der Waals surface area contributed by atoms with E-state index in [1.54, 1.807) is 0 Å². The zero-order valence-corrected chi connectivity index (χ0v) is 16.8. The third-order valence-electron chi connectivity index (χ3n) is 5.12. The van der Waals surface area contributed by atoms with Gasteiger partial charge in [-0.05, 0) is 24.1 Å². The summed E-state index contributed by atoms with van der Waals surface area (Å²) in [5, 5.41) is 4.30. The maximum atomic E-state index is 12.7. The lowest BCUT2D eigenvalue weighted by Crippen LogP contribution is -3.06. The first-order valence-corrected chi connectivity index (χ1v) is 9.62. The molecular weight excluding hydrogens is 334 g/mol. The molecule has 1 heterocycles. The summed E-state index contributed by atoms with van der Waals surface area (Å²) in [6.45, 7) is 3.72. The Kier molecular flexibility index (Phi) is 5.97. The fraction of sp³-hybridized carbons (Fsp3) is 0.348. The number of likely N-dealkylation sites (N-methyl/N-ethyl adjacent to an activating group) is 1. The van der Waals surface area contributed by atoms with Crippen molar-refractivity contribution in [3.63, 3.8) is 0 Å². The lowest BCUT2D eigenvalue weighted by atomic mass is 9.87. The maximum absolute atomic E-state index is 12.7. The summed E-state index contributed by atoms with van der Waals surface area (Å²) >= 11 is 0. The molecule has 4 heteroatoms. The zero-order chi connectivity index (χ0) is 19.4. The lowest BCUT2D eigenvalue weighted by molar-refractivity contribution is -0.856. The van der Waals surface area contributed by atoms with Crippen molar-refractivity contribution in [2.24, 2.45) is 7.05 Å². The molecule has 0 bridgehead atoms. The molecule has 3 rings (SSSR count). The summed E-state index contributed by atoms with van der Waals surface area (Å²) in [5.74, 6) is 0.151. The maximum Gasteiger partial charge on any atom is 0.221 e. The topological polar surface area (TPSA) is 38.5 Å². The first-order valence-electron chi connectivity index (χ1n) is 9.62. The smallest absolute Gasteiger partial charge is 0.221 e. The van der Waals surface area contributed by atoms with E-state index in [2.05, 4.69) is 92.7 Å². The van der Waals surface area contributed by atoms with Crippen molar-refractivity contribution in [1.29, 1.82) is 0 Å². The third-order valence-corrected chi connectivity index (χ3v) is 5.12. The van der Waals surface area contributed by atoms with E-state index in [1.165, 1.54) is 32.5 Å². The quantitative estimate of drug-likeness (QED) is 0.663. The van der Waals surface area contributed by atoms with E-state index in [0.29, 0.717) is 13.0 Å². The van der Waals surface area contributed by atoms with Crippen molar-refractivity contribution in [2.75, 3.05) is 27.2 Å². The predicted octanol–water partition coefficient (Wildman–Crippen LogP) is 2.27. The fourth-order valence-electron chi connectivity index (χ4n) is 3.57. The number of quaternary nitrogens is 1. The van der Waals surface area contributed by atoms with E-state index < -0.39 is 0 Å². The van der Waals surface area contributed by atoms with Crippen LogP contribution in [0.4, 0.5) is 0 Å². The van der Waals surface area contributed by atoms with Gasteiger partial charge in [-0.2, -0.15) is 0 Å². The van der Waals surface area contributed by atoms with E-state index in [9.17, 15) is 4.79 Å². The molecule has 1 amide bonds. The molecule has 0 unspecified atom stereocenters. The van der Waals surface area contributed by atoms with E-state index in [-0.39, 0.29) is 11.8 Å². The second kappa shape index (κ2) is 8.40. The van der Waals surface area contributed by atoms with E-state index in [1.807, 2.05) is 0 Å². The molecule has 2 N–H and O–H groups in total. The second-order valence-electron chi connectivity index (χ2n) is 7.69. The van der Waals surface area contributed by atoms with Gasteiger partial charge in [-0.1, -0.05) is 48.0 Å². The number of amides is 1. The molecule has 0 saturated carbocycles. The molecule has 1 atom stereocenters. The Hall–Kier alpha value is -2.59. The minimum Gasteiger partial charge on any atom is -0.350 e. The van der Waals surface area contributed by atoms with Crippen molar-refractivity contribution in [1.82, 2.24) is 9.88 Å². The van der Waals surface area contributed by atoms with Crippen LogP contribution >= 0.6 is 0 Å². The SMILES string of the molecule is Cc1ccc([C@H](CC(=O)NCC[NH+](C)C)c2cn(C)c3ccccc23)cc1. The van der Waals surface area contributed by atoms with Crippen molar-refractivity contribution in [2.45, 2.75) is 19.3 Å². The average Bonchev–Trinajstić information content (AvgIpc) is 2.97. The number of benzene rings is 2. The number of nitrogens with zero attached hydrogens (tertiary/aromatic N) is 1. The Labute approximate surface area is 161 Å². The van der Waals surface area contributed by atoms with Crippen LogP contribution in [0.25, 0.3) is 10.9 Å². The molecule has 0 aliphatic carbocycles. The van der Waals surface area contributed by atoms with Crippen LogP contribution in [0.2, 0.25) is 0 Å². The molecular formula is C23H30N3O+. The molecule has 0 aliphatic rings. The van der Waals surface area contributed by atoms with Gasteiger partial charge in [0, 0.05) is 36.5 Å². The van der Waals surface area contributed by atoms with E-state index >= 15 is 0 Å². The van der Waals surface area contributed by atoms with Gasteiger partial charge < -0.3 is 14.8 Å². The summed E-state index contributed by atoms with van der Waals surface area (Å²) in [6.07, 6.45) is 2.63. The standard InChI is InChI=1S/C23H29N3O/c1-17-9-11-18(12-10-17)20(15-23(27)24-13-14-25(2)3)21-16-26(4)22-8-6-5-7-19(21)22/h5-12,16,20H,13-15H2,1-4H3,(H,24,27)/p+1/t20-/m0/s1. The normalized spacial score (nSPS) is 12.5. The second-order valence-corrected chi connectivity index (χ2v) is 7.69. The van der Waals surface area contributed by atoms with Crippen LogP contribution in [-0.2, 0) is 11.8 Å². The molecule has 2 aromatic carbocycles. The van der Waals surface area contributed by atoms with Crippen LogP contribution in [-0.4, -0.2) is 37.7 Å². The van der Waals surface area contributed by atoms with Crippen LogP contribution in [0.1, 0.15) is 29.0 Å². The van der Waals surface area contributed by atoms with Gasteiger partial charge in [-0.3, -0.25) is 4.79 Å². The van der Waals surface area contributed by atoms with Crippen LogP contribution in [0.15, 0.2) is 54.7 Å². The van der Waals surface area contributed by atoms with Gasteiger partial charge in [0.25, 0.3) is 0 Å². The molecule has 142 valence electrons. The van der Waals surface area contributed by atoms with Gasteiger partial charge in [-0.15, -0.1) is 0 Å². The fourth-order valence-corrected chi connectivity index (χ4v) is 3.57. The van der Waals surface area contributed by atoms with Gasteiger partial charge in [0.2, 0.25) is 5.91 Å².